The Kier molecular flexibility index (Phi) is 3.74. The number of rotatable bonds is 3. The highest BCUT2D eigenvalue weighted by molar-refractivity contribution is 7.10. The lowest BCUT2D eigenvalue weighted by Gasteiger charge is -2.31. The Morgan fingerprint density at radius 1 is 1.14 bits per heavy atom. The molecule has 0 bridgehead atoms. The van der Waals surface area contributed by atoms with E-state index in [0.717, 1.165) is 26.3 Å². The Hall–Kier alpha value is -1.62. The summed E-state index contributed by atoms with van der Waals surface area (Å²) in [4.78, 5) is 6.63. The van der Waals surface area contributed by atoms with Gasteiger partial charge in [-0.2, -0.15) is 0 Å². The molecular weight excluding hydrogens is 292 g/mol. The standard InChI is InChI=1S/C18H20N2OS/c1-13-17(14-5-2-3-6-15(14)19-13)18(16-7-4-12-22-16)20-8-10-21-11-9-20/h2-7,12,18-19H,8-11H2,1H3/p+1/t18-/m0/s1. The lowest BCUT2D eigenvalue weighted by Crippen LogP contribution is -3.14. The monoisotopic (exact) mass is 313 g/mol. The van der Waals surface area contributed by atoms with E-state index < -0.39 is 0 Å². The van der Waals surface area contributed by atoms with Crippen molar-refractivity contribution in [1.82, 2.24) is 4.98 Å². The second-order valence-corrected chi connectivity index (χ2v) is 6.91. The number of fused-ring (bicyclic) bond motifs is 1. The van der Waals surface area contributed by atoms with Crippen molar-refractivity contribution in [3.8, 4) is 0 Å². The van der Waals surface area contributed by atoms with Gasteiger partial charge >= 0.3 is 0 Å². The van der Waals surface area contributed by atoms with Crippen molar-refractivity contribution in [3.05, 3.63) is 57.9 Å². The lowest BCUT2D eigenvalue weighted by atomic mass is 9.99. The number of nitrogens with one attached hydrogen (secondary N) is 2. The predicted molar refractivity (Wildman–Crippen MR) is 90.7 cm³/mol. The molecule has 22 heavy (non-hydrogen) atoms. The maximum absolute atomic E-state index is 5.58. The molecular formula is C18H21N2OS+. The van der Waals surface area contributed by atoms with Crippen LogP contribution in [0.1, 0.15) is 22.2 Å². The van der Waals surface area contributed by atoms with Crippen LogP contribution in [0, 0.1) is 6.92 Å². The van der Waals surface area contributed by atoms with Gasteiger partial charge in [0, 0.05) is 22.2 Å². The minimum absolute atomic E-state index is 0.403. The highest BCUT2D eigenvalue weighted by Gasteiger charge is 2.32. The highest BCUT2D eigenvalue weighted by Crippen LogP contribution is 2.32. The summed E-state index contributed by atoms with van der Waals surface area (Å²) in [5.41, 5.74) is 3.98. The normalized spacial score (nSPS) is 17.9. The maximum Gasteiger partial charge on any atom is 0.151 e. The summed E-state index contributed by atoms with van der Waals surface area (Å²) in [6.45, 7) is 6.07. The third-order valence-electron chi connectivity index (χ3n) is 4.60. The molecule has 2 aromatic heterocycles. The van der Waals surface area contributed by atoms with E-state index in [-0.39, 0.29) is 0 Å². The van der Waals surface area contributed by atoms with Crippen LogP contribution in [0.15, 0.2) is 41.8 Å². The van der Waals surface area contributed by atoms with Crippen molar-refractivity contribution < 1.29 is 9.64 Å². The number of H-pyrrole nitrogens is 1. The summed E-state index contributed by atoms with van der Waals surface area (Å²) in [5.74, 6) is 0. The summed E-state index contributed by atoms with van der Waals surface area (Å²) < 4.78 is 5.58. The van der Waals surface area contributed by atoms with Crippen LogP contribution >= 0.6 is 11.3 Å². The smallest absolute Gasteiger partial charge is 0.151 e. The first-order valence-corrected chi connectivity index (χ1v) is 8.75. The van der Waals surface area contributed by atoms with Crippen molar-refractivity contribution in [2.45, 2.75) is 13.0 Å². The quantitative estimate of drug-likeness (QED) is 0.764. The summed E-state index contributed by atoms with van der Waals surface area (Å²) in [5, 5.41) is 3.55. The number of quaternary nitrogens is 1. The number of benzene rings is 1. The zero-order chi connectivity index (χ0) is 14.9. The molecule has 3 nitrogen and oxygen atoms in total. The van der Waals surface area contributed by atoms with Crippen LogP contribution in [0.4, 0.5) is 0 Å². The number of hydrogen-bond acceptors (Lipinski definition) is 2. The molecule has 0 saturated carbocycles. The van der Waals surface area contributed by atoms with Gasteiger partial charge in [0.1, 0.15) is 13.1 Å². The fourth-order valence-electron chi connectivity index (χ4n) is 3.60. The Labute approximate surface area is 134 Å². The van der Waals surface area contributed by atoms with Crippen molar-refractivity contribution in [2.24, 2.45) is 0 Å². The van der Waals surface area contributed by atoms with Gasteiger partial charge in [-0.05, 0) is 24.4 Å². The van der Waals surface area contributed by atoms with E-state index >= 15 is 0 Å². The lowest BCUT2D eigenvalue weighted by molar-refractivity contribution is -0.932. The van der Waals surface area contributed by atoms with Crippen LogP contribution in [-0.2, 0) is 4.74 Å². The van der Waals surface area contributed by atoms with Gasteiger partial charge in [-0.25, -0.2) is 0 Å². The van der Waals surface area contributed by atoms with E-state index in [0.29, 0.717) is 6.04 Å². The fourth-order valence-corrected chi connectivity index (χ4v) is 4.49. The SMILES string of the molecule is Cc1[nH]c2ccccc2c1[C@H](c1cccs1)[NH+]1CCOCC1. The molecule has 1 saturated heterocycles. The first-order valence-electron chi connectivity index (χ1n) is 7.87. The minimum Gasteiger partial charge on any atom is -0.370 e. The minimum atomic E-state index is 0.403. The van der Waals surface area contributed by atoms with Crippen LogP contribution in [0.25, 0.3) is 10.9 Å². The Morgan fingerprint density at radius 2 is 1.95 bits per heavy atom. The number of para-hydroxylation sites is 1. The average Bonchev–Trinajstić information content (AvgIpc) is 3.18. The molecule has 0 amide bonds. The fraction of sp³-hybridized carbons (Fsp3) is 0.333. The molecule has 114 valence electrons. The Bertz CT molecular complexity index is 757. The van der Waals surface area contributed by atoms with Crippen LogP contribution in [0.3, 0.4) is 0 Å². The topological polar surface area (TPSA) is 29.5 Å². The predicted octanol–water partition coefficient (Wildman–Crippen LogP) is 2.54. The number of aryl methyl sites for hydroxylation is 1. The number of hydrogen-bond donors (Lipinski definition) is 2. The molecule has 0 aliphatic carbocycles. The van der Waals surface area contributed by atoms with Crippen LogP contribution in [0.2, 0.25) is 0 Å². The molecule has 4 heteroatoms. The molecule has 1 aliphatic rings. The average molecular weight is 313 g/mol. The molecule has 1 fully saturated rings. The second kappa shape index (κ2) is 5.88. The molecule has 1 atom stereocenters. The van der Waals surface area contributed by atoms with E-state index in [4.69, 9.17) is 4.74 Å². The zero-order valence-corrected chi connectivity index (χ0v) is 13.6. The van der Waals surface area contributed by atoms with Gasteiger partial charge in [-0.3, -0.25) is 0 Å². The third kappa shape index (κ3) is 2.37. The first kappa shape index (κ1) is 14.0. The van der Waals surface area contributed by atoms with Gasteiger partial charge in [0.15, 0.2) is 6.04 Å². The maximum atomic E-state index is 5.58. The number of thiophene rings is 1. The van der Waals surface area contributed by atoms with Gasteiger partial charge in [-0.15, -0.1) is 11.3 Å². The molecule has 0 spiro atoms. The number of ether oxygens (including phenoxy) is 1. The van der Waals surface area contributed by atoms with E-state index in [9.17, 15) is 0 Å². The van der Waals surface area contributed by atoms with Gasteiger partial charge in [0.2, 0.25) is 0 Å². The molecule has 2 N–H and O–H groups in total. The van der Waals surface area contributed by atoms with Gasteiger partial charge in [0.05, 0.1) is 18.1 Å². The van der Waals surface area contributed by atoms with E-state index in [2.05, 4.69) is 53.7 Å². The number of morpholine rings is 1. The van der Waals surface area contributed by atoms with Crippen LogP contribution in [0.5, 0.6) is 0 Å². The molecule has 3 aromatic rings. The zero-order valence-electron chi connectivity index (χ0n) is 12.8. The van der Waals surface area contributed by atoms with E-state index in [1.807, 2.05) is 11.3 Å². The van der Waals surface area contributed by atoms with Gasteiger partial charge in [-0.1, -0.05) is 24.3 Å². The largest absolute Gasteiger partial charge is 0.370 e. The second-order valence-electron chi connectivity index (χ2n) is 5.93. The summed E-state index contributed by atoms with van der Waals surface area (Å²) in [6, 6.07) is 13.5. The summed E-state index contributed by atoms with van der Waals surface area (Å²) in [7, 11) is 0. The molecule has 1 aliphatic heterocycles. The van der Waals surface area contributed by atoms with Crippen molar-refractivity contribution >= 4 is 22.2 Å². The van der Waals surface area contributed by atoms with Crippen molar-refractivity contribution in [1.29, 1.82) is 0 Å². The molecule has 4 rings (SSSR count). The number of aromatic amines is 1. The van der Waals surface area contributed by atoms with Crippen molar-refractivity contribution in [2.75, 3.05) is 26.3 Å². The van der Waals surface area contributed by atoms with E-state index in [1.165, 1.54) is 27.0 Å². The van der Waals surface area contributed by atoms with Crippen LogP contribution in [-0.4, -0.2) is 31.3 Å². The van der Waals surface area contributed by atoms with Crippen molar-refractivity contribution in [3.63, 3.8) is 0 Å². The summed E-state index contributed by atoms with van der Waals surface area (Å²) in [6.07, 6.45) is 0. The Morgan fingerprint density at radius 3 is 2.73 bits per heavy atom. The molecule has 0 unspecified atom stereocenters. The van der Waals surface area contributed by atoms with Crippen LogP contribution < -0.4 is 4.90 Å². The molecule has 3 heterocycles. The summed E-state index contributed by atoms with van der Waals surface area (Å²) >= 11 is 1.86. The van der Waals surface area contributed by atoms with Gasteiger partial charge < -0.3 is 14.6 Å². The Balaban J connectivity index is 1.87. The third-order valence-corrected chi connectivity index (χ3v) is 5.54. The molecule has 1 aromatic carbocycles. The van der Waals surface area contributed by atoms with E-state index in [1.54, 1.807) is 4.90 Å². The number of aromatic nitrogens is 1. The first-order chi connectivity index (χ1) is 10.8. The van der Waals surface area contributed by atoms with Gasteiger partial charge in [0.25, 0.3) is 0 Å². The molecule has 0 radical (unpaired) electrons. The highest BCUT2D eigenvalue weighted by atomic mass is 32.1.